The number of hydrogen-bond donors (Lipinski definition) is 0. The zero-order chi connectivity index (χ0) is 45.5. The highest BCUT2D eigenvalue weighted by Gasteiger charge is 2.46. The van der Waals surface area contributed by atoms with Crippen molar-refractivity contribution in [3.05, 3.63) is 277 Å². The van der Waals surface area contributed by atoms with E-state index in [0.29, 0.717) is 5.82 Å². The molecule has 69 heavy (non-hydrogen) atoms. The molecule has 0 saturated heterocycles. The minimum absolute atomic E-state index is 0.545. The van der Waals surface area contributed by atoms with E-state index in [1.54, 1.807) is 0 Å². The Hall–Kier alpha value is -9.12. The van der Waals surface area contributed by atoms with Gasteiger partial charge in [-0.3, -0.25) is 0 Å². The predicted octanol–water partition coefficient (Wildman–Crippen LogP) is 16.0. The minimum Gasteiger partial charge on any atom is -0.309 e. The summed E-state index contributed by atoms with van der Waals surface area (Å²) in [6.45, 7) is 0. The number of benzene rings is 10. The van der Waals surface area contributed by atoms with Crippen LogP contribution in [-0.2, 0) is 5.41 Å². The van der Waals surface area contributed by atoms with Gasteiger partial charge in [0.2, 0.25) is 0 Å². The zero-order valence-electron chi connectivity index (χ0n) is 37.5. The van der Waals surface area contributed by atoms with Gasteiger partial charge < -0.3 is 9.13 Å². The number of nitrogens with zero attached hydrogens (tertiary/aromatic N) is 4. The van der Waals surface area contributed by atoms with Gasteiger partial charge in [0.15, 0.2) is 5.82 Å². The molecule has 0 unspecified atom stereocenters. The summed E-state index contributed by atoms with van der Waals surface area (Å²) in [6, 6.07) is 92.3. The Morgan fingerprint density at radius 3 is 1.23 bits per heavy atom. The van der Waals surface area contributed by atoms with Gasteiger partial charge in [-0.15, -0.1) is 0 Å². The molecule has 322 valence electrons. The Balaban J connectivity index is 1.05. The first-order valence-corrected chi connectivity index (χ1v) is 23.7. The summed E-state index contributed by atoms with van der Waals surface area (Å²) in [6.07, 6.45) is 0. The van der Waals surface area contributed by atoms with Gasteiger partial charge in [0.05, 0.1) is 38.9 Å². The average Bonchev–Trinajstić information content (AvgIpc) is 4.06. The third-order valence-corrected chi connectivity index (χ3v) is 14.4. The quantitative estimate of drug-likeness (QED) is 0.160. The Kier molecular flexibility index (Phi) is 8.77. The van der Waals surface area contributed by atoms with Crippen LogP contribution in [0.2, 0.25) is 0 Å². The second kappa shape index (κ2) is 15.5. The lowest BCUT2D eigenvalue weighted by Gasteiger charge is -2.34. The molecule has 0 radical (unpaired) electrons. The molecule has 14 rings (SSSR count). The third kappa shape index (κ3) is 5.95. The zero-order valence-corrected chi connectivity index (χ0v) is 37.5. The largest absolute Gasteiger partial charge is 0.309 e. The van der Waals surface area contributed by atoms with E-state index in [9.17, 15) is 0 Å². The van der Waals surface area contributed by atoms with Crippen LogP contribution in [0.25, 0.3) is 100 Å². The van der Waals surface area contributed by atoms with Crippen LogP contribution in [0.5, 0.6) is 0 Å². The van der Waals surface area contributed by atoms with Gasteiger partial charge >= 0.3 is 0 Å². The molecule has 13 aromatic rings. The highest BCUT2D eigenvalue weighted by molar-refractivity contribution is 6.11. The number of hydrogen-bond acceptors (Lipinski definition) is 2. The normalized spacial score (nSPS) is 12.8. The van der Waals surface area contributed by atoms with Gasteiger partial charge in [0.25, 0.3) is 0 Å². The molecule has 3 heterocycles. The summed E-state index contributed by atoms with van der Waals surface area (Å²) >= 11 is 0. The van der Waals surface area contributed by atoms with Crippen molar-refractivity contribution >= 4 is 43.6 Å². The SMILES string of the molecule is c1ccc(-c2nc(-c3cc(-n4c5ccccc5c5ccccc54)cc(-n4c5ccccc5c5ccccc54)c3)cc(-c3ccc4c(c3)C(c3ccccc3)(c3ccccc3)c3ccccc3-4)n2)cc1. The summed E-state index contributed by atoms with van der Waals surface area (Å²) in [5.41, 5.74) is 18.3. The second-order valence-corrected chi connectivity index (χ2v) is 18.1. The molecule has 1 aliphatic carbocycles. The summed E-state index contributed by atoms with van der Waals surface area (Å²) in [4.78, 5) is 10.9. The maximum absolute atomic E-state index is 5.49. The van der Waals surface area contributed by atoms with Crippen molar-refractivity contribution in [2.24, 2.45) is 0 Å². The molecular formula is C65H42N4. The van der Waals surface area contributed by atoms with E-state index in [-0.39, 0.29) is 0 Å². The highest BCUT2D eigenvalue weighted by atomic mass is 15.0. The standard InChI is InChI=1S/C65H42N4/c1-4-20-43(21-5-1)64-66-58(44-36-37-51-50-26-10-15-31-56(50)65(57(51)40-44,46-22-6-2-7-23-46)47-24-8-3-9-25-47)42-59(67-64)45-38-48(68-60-32-16-11-27-52(60)53-28-12-17-33-61(53)68)41-49(39-45)69-62-34-18-13-29-54(62)55-30-14-19-35-63(55)69/h1-42H. The molecule has 0 aliphatic heterocycles. The summed E-state index contributed by atoms with van der Waals surface area (Å²) < 4.78 is 4.83. The first kappa shape index (κ1) is 39.1. The number of aromatic nitrogens is 4. The molecule has 0 spiro atoms. The van der Waals surface area contributed by atoms with Gasteiger partial charge in [-0.25, -0.2) is 9.97 Å². The van der Waals surface area contributed by atoms with Crippen molar-refractivity contribution in [2.75, 3.05) is 0 Å². The van der Waals surface area contributed by atoms with Crippen LogP contribution < -0.4 is 0 Å². The van der Waals surface area contributed by atoms with E-state index in [1.165, 1.54) is 54.9 Å². The lowest BCUT2D eigenvalue weighted by atomic mass is 9.67. The molecule has 0 N–H and O–H groups in total. The van der Waals surface area contributed by atoms with E-state index in [2.05, 4.69) is 258 Å². The van der Waals surface area contributed by atoms with E-state index < -0.39 is 5.41 Å². The van der Waals surface area contributed by atoms with Gasteiger partial charge in [0.1, 0.15) is 0 Å². The molecule has 0 amide bonds. The van der Waals surface area contributed by atoms with Crippen LogP contribution in [-0.4, -0.2) is 19.1 Å². The molecule has 4 heteroatoms. The Labute approximate surface area is 399 Å². The molecule has 0 fully saturated rings. The van der Waals surface area contributed by atoms with Crippen LogP contribution in [0.3, 0.4) is 0 Å². The maximum Gasteiger partial charge on any atom is 0.160 e. The topological polar surface area (TPSA) is 35.6 Å². The molecule has 1 aliphatic rings. The highest BCUT2D eigenvalue weighted by Crippen LogP contribution is 2.56. The average molecular weight is 879 g/mol. The first-order valence-electron chi connectivity index (χ1n) is 23.7. The van der Waals surface area contributed by atoms with Crippen LogP contribution in [0, 0.1) is 0 Å². The molecule has 0 atom stereocenters. The monoisotopic (exact) mass is 878 g/mol. The third-order valence-electron chi connectivity index (χ3n) is 14.4. The van der Waals surface area contributed by atoms with Crippen LogP contribution >= 0.6 is 0 Å². The van der Waals surface area contributed by atoms with Crippen molar-refractivity contribution in [1.82, 2.24) is 19.1 Å². The van der Waals surface area contributed by atoms with Gasteiger partial charge in [-0.1, -0.05) is 200 Å². The Morgan fingerprint density at radius 1 is 0.290 bits per heavy atom. The van der Waals surface area contributed by atoms with E-state index >= 15 is 0 Å². The molecule has 0 saturated carbocycles. The lowest BCUT2D eigenvalue weighted by molar-refractivity contribution is 0.768. The number of fused-ring (bicyclic) bond motifs is 9. The first-order chi connectivity index (χ1) is 34.2. The van der Waals surface area contributed by atoms with Crippen molar-refractivity contribution in [3.63, 3.8) is 0 Å². The van der Waals surface area contributed by atoms with Gasteiger partial charge in [0, 0.05) is 49.6 Å². The second-order valence-electron chi connectivity index (χ2n) is 18.1. The van der Waals surface area contributed by atoms with Crippen molar-refractivity contribution in [2.45, 2.75) is 5.41 Å². The molecule has 3 aromatic heterocycles. The van der Waals surface area contributed by atoms with Crippen molar-refractivity contribution in [3.8, 4) is 56.4 Å². The Morgan fingerprint density at radius 2 is 0.710 bits per heavy atom. The molecule has 4 nitrogen and oxygen atoms in total. The lowest BCUT2D eigenvalue weighted by Crippen LogP contribution is -2.28. The van der Waals surface area contributed by atoms with E-state index in [4.69, 9.17) is 9.97 Å². The van der Waals surface area contributed by atoms with Gasteiger partial charge in [-0.05, 0) is 88.0 Å². The van der Waals surface area contributed by atoms with E-state index in [0.717, 1.165) is 61.5 Å². The summed E-state index contributed by atoms with van der Waals surface area (Å²) in [5.74, 6) is 0.671. The van der Waals surface area contributed by atoms with Crippen LogP contribution in [0.1, 0.15) is 22.3 Å². The molecular weight excluding hydrogens is 837 g/mol. The fraction of sp³-hybridized carbons (Fsp3) is 0.0154. The van der Waals surface area contributed by atoms with Crippen molar-refractivity contribution in [1.29, 1.82) is 0 Å². The summed E-state index contributed by atoms with van der Waals surface area (Å²) in [5, 5.41) is 4.86. The maximum atomic E-state index is 5.49. The van der Waals surface area contributed by atoms with Crippen LogP contribution in [0.4, 0.5) is 0 Å². The van der Waals surface area contributed by atoms with Crippen molar-refractivity contribution < 1.29 is 0 Å². The summed E-state index contributed by atoms with van der Waals surface area (Å²) in [7, 11) is 0. The van der Waals surface area contributed by atoms with Crippen LogP contribution in [0.15, 0.2) is 255 Å². The minimum atomic E-state index is -0.545. The smallest absolute Gasteiger partial charge is 0.160 e. The molecule has 10 aromatic carbocycles. The predicted molar refractivity (Wildman–Crippen MR) is 284 cm³/mol. The fourth-order valence-corrected chi connectivity index (χ4v) is 11.5. The number of rotatable bonds is 7. The fourth-order valence-electron chi connectivity index (χ4n) is 11.5. The van der Waals surface area contributed by atoms with E-state index in [1.807, 2.05) is 6.07 Å². The Bertz CT molecular complexity index is 3850. The molecule has 0 bridgehead atoms. The number of para-hydroxylation sites is 4. The van der Waals surface area contributed by atoms with Gasteiger partial charge in [-0.2, -0.15) is 0 Å².